The Labute approximate surface area is 116 Å². The Bertz CT molecular complexity index is 578. The smallest absolute Gasteiger partial charge is 0.219 e. The number of benzene rings is 1. The van der Waals surface area contributed by atoms with Gasteiger partial charge in [-0.25, -0.2) is 0 Å². The van der Waals surface area contributed by atoms with Crippen LogP contribution in [0.4, 0.5) is 0 Å². The van der Waals surface area contributed by atoms with Crippen LogP contribution in [0.2, 0.25) is 10.0 Å². The molecule has 18 heavy (non-hydrogen) atoms. The second-order valence-corrected chi connectivity index (χ2v) is 4.95. The fraction of sp³-hybridized carbons (Fsp3) is 0.308. The number of hydrogen-bond donors (Lipinski definition) is 1. The molecule has 1 heterocycles. The Balaban J connectivity index is 2.16. The van der Waals surface area contributed by atoms with Gasteiger partial charge in [0, 0.05) is 36.6 Å². The first kappa shape index (κ1) is 13.2. The van der Waals surface area contributed by atoms with Gasteiger partial charge in [-0.1, -0.05) is 23.2 Å². The number of rotatable bonds is 4. The summed E-state index contributed by atoms with van der Waals surface area (Å²) in [5.74, 6) is 0.0579. The minimum absolute atomic E-state index is 0.0579. The summed E-state index contributed by atoms with van der Waals surface area (Å²) >= 11 is 12.1. The number of carbonyl (C=O) groups is 1. The van der Waals surface area contributed by atoms with Crippen molar-refractivity contribution >= 4 is 40.0 Å². The molecule has 96 valence electrons. The molecule has 0 fully saturated rings. The van der Waals surface area contributed by atoms with E-state index >= 15 is 0 Å². The van der Waals surface area contributed by atoms with E-state index in [-0.39, 0.29) is 5.91 Å². The Morgan fingerprint density at radius 2 is 2.17 bits per heavy atom. The van der Waals surface area contributed by atoms with Gasteiger partial charge in [-0.2, -0.15) is 0 Å². The molecule has 0 bridgehead atoms. The highest BCUT2D eigenvalue weighted by atomic mass is 35.5. The van der Waals surface area contributed by atoms with Crippen LogP contribution in [-0.2, 0) is 11.3 Å². The summed E-state index contributed by atoms with van der Waals surface area (Å²) in [6.07, 6.45) is 3.27. The van der Waals surface area contributed by atoms with E-state index in [1.165, 1.54) is 0 Å². The predicted molar refractivity (Wildman–Crippen MR) is 75.3 cm³/mol. The predicted octanol–water partition coefficient (Wildman–Crippen LogP) is 3.47. The molecular formula is C13H14Cl2N2O. The van der Waals surface area contributed by atoms with E-state index in [1.54, 1.807) is 13.1 Å². The molecule has 1 amide bonds. The normalized spacial score (nSPS) is 10.8. The van der Waals surface area contributed by atoms with E-state index in [0.717, 1.165) is 23.9 Å². The van der Waals surface area contributed by atoms with E-state index < -0.39 is 0 Å². The highest BCUT2D eigenvalue weighted by Gasteiger charge is 2.07. The molecule has 0 aliphatic carbocycles. The zero-order chi connectivity index (χ0) is 13.1. The maximum atomic E-state index is 11.1. The number of halogens is 2. The van der Waals surface area contributed by atoms with E-state index in [9.17, 15) is 4.79 Å². The highest BCUT2D eigenvalue weighted by Crippen LogP contribution is 2.28. The molecule has 1 aromatic heterocycles. The average Bonchev–Trinajstić information content (AvgIpc) is 2.72. The summed E-state index contributed by atoms with van der Waals surface area (Å²) < 4.78 is 2.07. The van der Waals surface area contributed by atoms with E-state index in [1.807, 2.05) is 18.3 Å². The second kappa shape index (κ2) is 5.63. The van der Waals surface area contributed by atoms with Crippen molar-refractivity contribution in [2.24, 2.45) is 0 Å². The second-order valence-electron chi connectivity index (χ2n) is 4.11. The third-order valence-corrected chi connectivity index (χ3v) is 3.42. The molecule has 0 aliphatic rings. The van der Waals surface area contributed by atoms with Crippen LogP contribution in [0.3, 0.4) is 0 Å². The van der Waals surface area contributed by atoms with E-state index in [0.29, 0.717) is 16.5 Å². The largest absolute Gasteiger partial charge is 0.359 e. The van der Waals surface area contributed by atoms with Crippen molar-refractivity contribution in [1.29, 1.82) is 0 Å². The van der Waals surface area contributed by atoms with Crippen LogP contribution in [0.5, 0.6) is 0 Å². The molecule has 0 unspecified atom stereocenters. The van der Waals surface area contributed by atoms with Crippen LogP contribution in [0, 0.1) is 0 Å². The molecule has 1 N–H and O–H groups in total. The lowest BCUT2D eigenvalue weighted by Crippen LogP contribution is -2.17. The summed E-state index contributed by atoms with van der Waals surface area (Å²) in [5, 5.41) is 4.88. The van der Waals surface area contributed by atoms with Crippen LogP contribution in [0.15, 0.2) is 24.4 Å². The van der Waals surface area contributed by atoms with Gasteiger partial charge in [0.25, 0.3) is 0 Å². The topological polar surface area (TPSA) is 34.0 Å². The van der Waals surface area contributed by atoms with Gasteiger partial charge in [0.15, 0.2) is 0 Å². The quantitative estimate of drug-likeness (QED) is 0.917. The van der Waals surface area contributed by atoms with Gasteiger partial charge >= 0.3 is 0 Å². The van der Waals surface area contributed by atoms with Crippen LogP contribution in [-0.4, -0.2) is 17.5 Å². The van der Waals surface area contributed by atoms with Crippen molar-refractivity contribution in [3.8, 4) is 0 Å². The van der Waals surface area contributed by atoms with Gasteiger partial charge in [-0.15, -0.1) is 0 Å². The number of nitrogens with zero attached hydrogens (tertiary/aromatic N) is 1. The number of hydrogen-bond acceptors (Lipinski definition) is 1. The molecule has 0 radical (unpaired) electrons. The lowest BCUT2D eigenvalue weighted by molar-refractivity contribution is -0.120. The Morgan fingerprint density at radius 3 is 2.89 bits per heavy atom. The highest BCUT2D eigenvalue weighted by molar-refractivity contribution is 6.38. The third kappa shape index (κ3) is 2.79. The van der Waals surface area contributed by atoms with Gasteiger partial charge < -0.3 is 9.88 Å². The van der Waals surface area contributed by atoms with Crippen molar-refractivity contribution in [2.45, 2.75) is 19.4 Å². The van der Waals surface area contributed by atoms with Crippen LogP contribution >= 0.6 is 23.2 Å². The van der Waals surface area contributed by atoms with E-state index in [4.69, 9.17) is 23.2 Å². The molecule has 0 saturated carbocycles. The summed E-state index contributed by atoms with van der Waals surface area (Å²) in [6, 6.07) is 5.59. The molecule has 1 aromatic carbocycles. The SMILES string of the molecule is CNC(=O)CCCn1ccc2c(Cl)cc(Cl)cc21. The van der Waals surface area contributed by atoms with Crippen molar-refractivity contribution < 1.29 is 4.79 Å². The number of carbonyl (C=O) groups excluding carboxylic acids is 1. The zero-order valence-corrected chi connectivity index (χ0v) is 11.6. The lowest BCUT2D eigenvalue weighted by atomic mass is 10.2. The molecule has 0 saturated heterocycles. The van der Waals surface area contributed by atoms with Crippen LogP contribution in [0.1, 0.15) is 12.8 Å². The number of nitrogens with one attached hydrogen (secondary N) is 1. The average molecular weight is 285 g/mol. The van der Waals surface area contributed by atoms with Gasteiger partial charge in [0.05, 0.1) is 10.5 Å². The minimum atomic E-state index is 0.0579. The number of amides is 1. The molecule has 2 aromatic rings. The summed E-state index contributed by atoms with van der Waals surface area (Å²) in [6.45, 7) is 0.771. The van der Waals surface area contributed by atoms with Crippen molar-refractivity contribution in [3.05, 3.63) is 34.4 Å². The summed E-state index contributed by atoms with van der Waals surface area (Å²) in [5.41, 5.74) is 1.00. The maximum Gasteiger partial charge on any atom is 0.219 e. The standard InChI is InChI=1S/C13H14Cl2N2O/c1-16-13(18)3-2-5-17-6-4-10-11(15)7-9(14)8-12(10)17/h4,6-8H,2-3,5H2,1H3,(H,16,18). The molecule has 2 rings (SSSR count). The van der Waals surface area contributed by atoms with E-state index in [2.05, 4.69) is 9.88 Å². The van der Waals surface area contributed by atoms with Crippen molar-refractivity contribution in [3.63, 3.8) is 0 Å². The molecule has 0 atom stereocenters. The fourth-order valence-corrected chi connectivity index (χ4v) is 2.49. The van der Waals surface area contributed by atoms with Crippen molar-refractivity contribution in [2.75, 3.05) is 7.05 Å². The van der Waals surface area contributed by atoms with Gasteiger partial charge in [-0.05, 0) is 24.6 Å². The first-order chi connectivity index (χ1) is 8.61. The molecule has 0 aliphatic heterocycles. The van der Waals surface area contributed by atoms with Gasteiger partial charge in [0.1, 0.15) is 0 Å². The fourth-order valence-electron chi connectivity index (χ4n) is 1.95. The number of fused-ring (bicyclic) bond motifs is 1. The third-order valence-electron chi connectivity index (χ3n) is 2.88. The van der Waals surface area contributed by atoms with Crippen LogP contribution in [0.25, 0.3) is 10.9 Å². The zero-order valence-electron chi connectivity index (χ0n) is 10.0. The first-order valence-electron chi connectivity index (χ1n) is 5.76. The van der Waals surface area contributed by atoms with Crippen molar-refractivity contribution in [1.82, 2.24) is 9.88 Å². The molecular weight excluding hydrogens is 271 g/mol. The first-order valence-corrected chi connectivity index (χ1v) is 6.52. The molecule has 3 nitrogen and oxygen atoms in total. The van der Waals surface area contributed by atoms with Crippen LogP contribution < -0.4 is 5.32 Å². The number of aromatic nitrogens is 1. The summed E-state index contributed by atoms with van der Waals surface area (Å²) in [7, 11) is 1.65. The lowest BCUT2D eigenvalue weighted by Gasteiger charge is -2.06. The monoisotopic (exact) mass is 284 g/mol. The van der Waals surface area contributed by atoms with Gasteiger partial charge in [0.2, 0.25) is 5.91 Å². The molecule has 0 spiro atoms. The Morgan fingerprint density at radius 1 is 1.39 bits per heavy atom. The summed E-state index contributed by atoms with van der Waals surface area (Å²) in [4.78, 5) is 11.1. The number of aryl methyl sites for hydroxylation is 1. The molecule has 5 heteroatoms. The van der Waals surface area contributed by atoms with Gasteiger partial charge in [-0.3, -0.25) is 4.79 Å². The Hall–Kier alpha value is -1.19. The maximum absolute atomic E-state index is 11.1. The Kier molecular flexibility index (Phi) is 4.15. The minimum Gasteiger partial charge on any atom is -0.359 e.